The molecule has 0 saturated carbocycles. The van der Waals surface area contributed by atoms with Gasteiger partial charge in [0.25, 0.3) is 0 Å². The van der Waals surface area contributed by atoms with Gasteiger partial charge in [0.1, 0.15) is 6.33 Å². The Kier molecular flexibility index (Phi) is 3.83. The summed E-state index contributed by atoms with van der Waals surface area (Å²) in [4.78, 5) is 8.17. The summed E-state index contributed by atoms with van der Waals surface area (Å²) in [6.45, 7) is 4.09. The van der Waals surface area contributed by atoms with Gasteiger partial charge in [0.05, 0.1) is 12.8 Å². The van der Waals surface area contributed by atoms with Crippen molar-refractivity contribution in [2.75, 3.05) is 7.11 Å². The maximum absolute atomic E-state index is 5.87. The lowest BCUT2D eigenvalue weighted by atomic mass is 9.95. The number of hydrogen-bond acceptors (Lipinski definition) is 4. The molecule has 1 heterocycles. The summed E-state index contributed by atoms with van der Waals surface area (Å²) < 4.78 is 5.04. The smallest absolute Gasteiger partial charge is 0.216 e. The first kappa shape index (κ1) is 10.9. The van der Waals surface area contributed by atoms with E-state index in [0.29, 0.717) is 5.88 Å². The number of nitrogens with two attached hydrogens (primary N) is 1. The van der Waals surface area contributed by atoms with Gasteiger partial charge in [-0.25, -0.2) is 9.97 Å². The van der Waals surface area contributed by atoms with Crippen molar-refractivity contribution in [2.24, 2.45) is 5.73 Å². The highest BCUT2D eigenvalue weighted by molar-refractivity contribution is 5.18. The second-order valence-electron chi connectivity index (χ2n) is 3.36. The Hall–Kier alpha value is -1.16. The van der Waals surface area contributed by atoms with Gasteiger partial charge >= 0.3 is 0 Å². The first-order valence-corrected chi connectivity index (χ1v) is 4.80. The number of methoxy groups -OCH3 is 1. The molecule has 0 aliphatic rings. The fourth-order valence-corrected chi connectivity index (χ4v) is 1.52. The van der Waals surface area contributed by atoms with Crippen LogP contribution in [0.1, 0.15) is 31.9 Å². The van der Waals surface area contributed by atoms with Crippen LogP contribution in [0.2, 0.25) is 0 Å². The molecular weight excluding hydrogens is 178 g/mol. The number of rotatable bonds is 4. The molecule has 1 aromatic rings. The van der Waals surface area contributed by atoms with Gasteiger partial charge in [-0.1, -0.05) is 6.92 Å². The van der Waals surface area contributed by atoms with Gasteiger partial charge in [-0.2, -0.15) is 0 Å². The molecule has 0 aromatic carbocycles. The van der Waals surface area contributed by atoms with Gasteiger partial charge < -0.3 is 10.5 Å². The molecule has 1 rings (SSSR count). The molecule has 14 heavy (non-hydrogen) atoms. The van der Waals surface area contributed by atoms with Crippen LogP contribution in [0.25, 0.3) is 0 Å². The largest absolute Gasteiger partial charge is 0.481 e. The molecule has 0 amide bonds. The van der Waals surface area contributed by atoms with Crippen LogP contribution in [0.5, 0.6) is 5.88 Å². The molecule has 0 spiro atoms. The second kappa shape index (κ2) is 4.91. The van der Waals surface area contributed by atoms with E-state index in [1.54, 1.807) is 7.11 Å². The fraction of sp³-hybridized carbons (Fsp3) is 0.600. The minimum absolute atomic E-state index is 0.0969. The highest BCUT2D eigenvalue weighted by atomic mass is 16.5. The zero-order valence-corrected chi connectivity index (χ0v) is 8.90. The molecular formula is C10H17N3O. The summed E-state index contributed by atoms with van der Waals surface area (Å²) in [5, 5.41) is 0. The van der Waals surface area contributed by atoms with Gasteiger partial charge in [-0.05, 0) is 13.3 Å². The maximum Gasteiger partial charge on any atom is 0.216 e. The van der Waals surface area contributed by atoms with Crippen molar-refractivity contribution in [2.45, 2.75) is 32.2 Å². The Labute approximate surface area is 84.5 Å². The van der Waals surface area contributed by atoms with Crippen LogP contribution >= 0.6 is 0 Å². The Morgan fingerprint density at radius 3 is 2.71 bits per heavy atom. The standard InChI is InChI=1S/C10H17N3O/c1-4-8(7(2)11)9-5-10(14-3)13-6-12-9/h5-8H,4,11H2,1-3H3. The molecule has 4 nitrogen and oxygen atoms in total. The van der Waals surface area contributed by atoms with Crippen LogP contribution in [-0.4, -0.2) is 23.1 Å². The predicted octanol–water partition coefficient (Wildman–Crippen LogP) is 1.33. The van der Waals surface area contributed by atoms with Crippen LogP contribution < -0.4 is 10.5 Å². The van der Waals surface area contributed by atoms with E-state index in [0.717, 1.165) is 12.1 Å². The highest BCUT2D eigenvalue weighted by Gasteiger charge is 2.16. The normalized spacial score (nSPS) is 14.9. The SMILES string of the molecule is CCC(c1cc(OC)ncn1)C(C)N. The minimum Gasteiger partial charge on any atom is -0.481 e. The Morgan fingerprint density at radius 1 is 1.50 bits per heavy atom. The van der Waals surface area contributed by atoms with E-state index in [-0.39, 0.29) is 12.0 Å². The van der Waals surface area contributed by atoms with Crippen molar-refractivity contribution in [3.05, 3.63) is 18.1 Å². The van der Waals surface area contributed by atoms with Gasteiger partial charge in [0.15, 0.2) is 0 Å². The van der Waals surface area contributed by atoms with Crippen molar-refractivity contribution in [3.63, 3.8) is 0 Å². The monoisotopic (exact) mass is 195 g/mol. The van der Waals surface area contributed by atoms with E-state index in [1.807, 2.05) is 13.0 Å². The summed E-state index contributed by atoms with van der Waals surface area (Å²) in [5.41, 5.74) is 6.82. The number of hydrogen-bond donors (Lipinski definition) is 1. The molecule has 0 saturated heterocycles. The minimum atomic E-state index is 0.0969. The van der Waals surface area contributed by atoms with Crippen molar-refractivity contribution >= 4 is 0 Å². The van der Waals surface area contributed by atoms with Crippen LogP contribution in [0.15, 0.2) is 12.4 Å². The molecule has 0 fully saturated rings. The zero-order chi connectivity index (χ0) is 10.6. The van der Waals surface area contributed by atoms with E-state index in [1.165, 1.54) is 6.33 Å². The van der Waals surface area contributed by atoms with Gasteiger partial charge in [0.2, 0.25) is 5.88 Å². The van der Waals surface area contributed by atoms with Gasteiger partial charge in [-0.3, -0.25) is 0 Å². The molecule has 2 N–H and O–H groups in total. The third-order valence-corrected chi connectivity index (χ3v) is 2.33. The number of ether oxygens (including phenoxy) is 1. The second-order valence-corrected chi connectivity index (χ2v) is 3.36. The average molecular weight is 195 g/mol. The van der Waals surface area contributed by atoms with Crippen LogP contribution in [0.4, 0.5) is 0 Å². The van der Waals surface area contributed by atoms with Crippen molar-refractivity contribution in [1.29, 1.82) is 0 Å². The summed E-state index contributed by atoms with van der Waals surface area (Å²) in [5.74, 6) is 0.862. The van der Waals surface area contributed by atoms with Crippen LogP contribution in [0, 0.1) is 0 Å². The molecule has 78 valence electrons. The van der Waals surface area contributed by atoms with Crippen molar-refractivity contribution in [3.8, 4) is 5.88 Å². The average Bonchev–Trinajstić information content (AvgIpc) is 2.19. The Bertz CT molecular complexity index is 288. The van der Waals surface area contributed by atoms with E-state index < -0.39 is 0 Å². The highest BCUT2D eigenvalue weighted by Crippen LogP contribution is 2.21. The first-order chi connectivity index (χ1) is 6.69. The molecule has 1 aromatic heterocycles. The van der Waals surface area contributed by atoms with E-state index in [2.05, 4.69) is 16.9 Å². The molecule has 0 aliphatic heterocycles. The van der Waals surface area contributed by atoms with Gasteiger partial charge in [0, 0.05) is 18.0 Å². The number of aromatic nitrogens is 2. The summed E-state index contributed by atoms with van der Waals surface area (Å²) in [6, 6.07) is 1.94. The number of nitrogens with zero attached hydrogens (tertiary/aromatic N) is 2. The lowest BCUT2D eigenvalue weighted by molar-refractivity contribution is 0.394. The fourth-order valence-electron chi connectivity index (χ4n) is 1.52. The molecule has 0 radical (unpaired) electrons. The molecule has 2 unspecified atom stereocenters. The van der Waals surface area contributed by atoms with Crippen molar-refractivity contribution < 1.29 is 4.74 Å². The van der Waals surface area contributed by atoms with E-state index in [9.17, 15) is 0 Å². The Balaban J connectivity index is 2.92. The van der Waals surface area contributed by atoms with Crippen LogP contribution in [-0.2, 0) is 0 Å². The molecule has 0 bridgehead atoms. The Morgan fingerprint density at radius 2 is 2.21 bits per heavy atom. The summed E-state index contributed by atoms with van der Waals surface area (Å²) >= 11 is 0. The van der Waals surface area contributed by atoms with Crippen LogP contribution in [0.3, 0.4) is 0 Å². The van der Waals surface area contributed by atoms with Gasteiger partial charge in [-0.15, -0.1) is 0 Å². The molecule has 0 aliphatic carbocycles. The third kappa shape index (κ3) is 2.42. The third-order valence-electron chi connectivity index (χ3n) is 2.33. The summed E-state index contributed by atoms with van der Waals surface area (Å²) in [6.07, 6.45) is 2.48. The lowest BCUT2D eigenvalue weighted by Gasteiger charge is -2.18. The topological polar surface area (TPSA) is 61.0 Å². The summed E-state index contributed by atoms with van der Waals surface area (Å²) in [7, 11) is 1.60. The van der Waals surface area contributed by atoms with Crippen molar-refractivity contribution in [1.82, 2.24) is 9.97 Å². The quantitative estimate of drug-likeness (QED) is 0.787. The predicted molar refractivity (Wildman–Crippen MR) is 55.3 cm³/mol. The maximum atomic E-state index is 5.87. The molecule has 2 atom stereocenters. The van der Waals surface area contributed by atoms with E-state index in [4.69, 9.17) is 10.5 Å². The first-order valence-electron chi connectivity index (χ1n) is 4.80. The lowest BCUT2D eigenvalue weighted by Crippen LogP contribution is -2.25. The van der Waals surface area contributed by atoms with E-state index >= 15 is 0 Å². The zero-order valence-electron chi connectivity index (χ0n) is 8.90. The molecule has 4 heteroatoms.